The minimum absolute atomic E-state index is 0.189. The number of fused-ring (bicyclic) bond motifs is 1. The third kappa shape index (κ3) is 4.76. The zero-order valence-electron chi connectivity index (χ0n) is 18.3. The third-order valence-corrected chi connectivity index (χ3v) is 6.58. The lowest BCUT2D eigenvalue weighted by atomic mass is 10.1. The first kappa shape index (κ1) is 22.9. The Labute approximate surface area is 200 Å². The zero-order chi connectivity index (χ0) is 23.5. The monoisotopic (exact) mass is 486 g/mol. The first-order valence-electron chi connectivity index (χ1n) is 10.1. The van der Waals surface area contributed by atoms with Crippen LogP contribution in [0, 0.1) is 6.92 Å². The summed E-state index contributed by atoms with van der Waals surface area (Å²) in [5.41, 5.74) is 2.03. The van der Waals surface area contributed by atoms with Crippen molar-refractivity contribution < 1.29 is 28.5 Å². The van der Waals surface area contributed by atoms with Crippen molar-refractivity contribution in [2.75, 3.05) is 34.1 Å². The number of hydrogen-bond donors (Lipinski definition) is 1. The minimum atomic E-state index is -0.298. The number of carbonyl (C=O) groups excluding carboxylic acids is 2. The molecule has 0 aliphatic carbocycles. The predicted octanol–water partition coefficient (Wildman–Crippen LogP) is 3.37. The van der Waals surface area contributed by atoms with E-state index < -0.39 is 0 Å². The van der Waals surface area contributed by atoms with Gasteiger partial charge in [-0.15, -0.1) is 0 Å². The second-order valence-corrected chi connectivity index (χ2v) is 8.88. The van der Waals surface area contributed by atoms with E-state index in [0.29, 0.717) is 37.8 Å². The van der Waals surface area contributed by atoms with Crippen molar-refractivity contribution in [1.29, 1.82) is 0 Å². The van der Waals surface area contributed by atoms with Crippen LogP contribution in [-0.4, -0.2) is 55.1 Å². The number of amides is 2. The largest absolute Gasteiger partial charge is 0.496 e. The summed E-state index contributed by atoms with van der Waals surface area (Å²) in [6.45, 7) is 2.54. The molecule has 0 atom stereocenters. The normalized spacial score (nSPS) is 15.8. The highest BCUT2D eigenvalue weighted by molar-refractivity contribution is 8.26. The van der Waals surface area contributed by atoms with Crippen LogP contribution in [0.15, 0.2) is 35.2 Å². The maximum absolute atomic E-state index is 12.9. The molecular formula is C23H22N2O6S2. The van der Waals surface area contributed by atoms with E-state index in [9.17, 15) is 9.59 Å². The van der Waals surface area contributed by atoms with Crippen LogP contribution in [0.2, 0.25) is 0 Å². The first-order valence-corrected chi connectivity index (χ1v) is 11.3. The van der Waals surface area contributed by atoms with E-state index in [-0.39, 0.29) is 31.7 Å². The summed E-state index contributed by atoms with van der Waals surface area (Å²) in [6, 6.07) is 8.78. The molecule has 0 saturated carbocycles. The van der Waals surface area contributed by atoms with E-state index >= 15 is 0 Å². The maximum atomic E-state index is 12.9. The molecule has 0 bridgehead atoms. The predicted molar refractivity (Wildman–Crippen MR) is 129 cm³/mol. The van der Waals surface area contributed by atoms with Crippen LogP contribution in [0.1, 0.15) is 21.5 Å². The van der Waals surface area contributed by atoms with Crippen molar-refractivity contribution in [2.24, 2.45) is 0 Å². The standard InChI is InChI=1S/C23H22N2O6S2/c1-13-17(28-2)10-15(11-18(13)29-3)21(26)24-6-7-25-22(27)20(33-23(25)32)9-14-4-5-16-19(8-14)31-12-30-16/h4-5,8-11H,6-7,12H2,1-3H3,(H,24,26)/b20-9-. The molecule has 1 saturated heterocycles. The fourth-order valence-electron chi connectivity index (χ4n) is 3.45. The number of rotatable bonds is 7. The highest BCUT2D eigenvalue weighted by Crippen LogP contribution is 2.36. The van der Waals surface area contributed by atoms with Crippen LogP contribution < -0.4 is 24.3 Å². The van der Waals surface area contributed by atoms with Crippen LogP contribution in [0.3, 0.4) is 0 Å². The van der Waals surface area contributed by atoms with Gasteiger partial charge in [0, 0.05) is 24.2 Å². The number of hydrogen-bond acceptors (Lipinski definition) is 8. The molecule has 0 aromatic heterocycles. The van der Waals surface area contributed by atoms with Crippen molar-refractivity contribution in [3.8, 4) is 23.0 Å². The van der Waals surface area contributed by atoms with E-state index in [1.165, 1.54) is 30.9 Å². The Bertz CT molecular complexity index is 1140. The molecule has 1 fully saturated rings. The Balaban J connectivity index is 1.38. The third-order valence-electron chi connectivity index (χ3n) is 5.20. The van der Waals surface area contributed by atoms with Gasteiger partial charge in [0.1, 0.15) is 15.8 Å². The van der Waals surface area contributed by atoms with Gasteiger partial charge < -0.3 is 24.3 Å². The molecule has 33 heavy (non-hydrogen) atoms. The summed E-state index contributed by atoms with van der Waals surface area (Å²) in [6.07, 6.45) is 1.77. The molecule has 2 aromatic carbocycles. The molecule has 8 nitrogen and oxygen atoms in total. The molecule has 10 heteroatoms. The smallest absolute Gasteiger partial charge is 0.266 e. The van der Waals surface area contributed by atoms with Gasteiger partial charge in [0.05, 0.1) is 19.1 Å². The molecule has 2 aliphatic heterocycles. The Morgan fingerprint density at radius 3 is 2.58 bits per heavy atom. The summed E-state index contributed by atoms with van der Waals surface area (Å²) < 4.78 is 21.8. The maximum Gasteiger partial charge on any atom is 0.266 e. The van der Waals surface area contributed by atoms with Crippen LogP contribution >= 0.6 is 24.0 Å². The second-order valence-electron chi connectivity index (χ2n) is 7.21. The van der Waals surface area contributed by atoms with Crippen LogP contribution in [0.5, 0.6) is 23.0 Å². The minimum Gasteiger partial charge on any atom is -0.496 e. The molecule has 2 aliphatic rings. The van der Waals surface area contributed by atoms with E-state index in [2.05, 4.69) is 5.32 Å². The molecule has 2 heterocycles. The lowest BCUT2D eigenvalue weighted by Gasteiger charge is -2.16. The van der Waals surface area contributed by atoms with Crippen molar-refractivity contribution in [3.05, 3.63) is 51.9 Å². The van der Waals surface area contributed by atoms with Gasteiger partial charge in [0.15, 0.2) is 11.5 Å². The number of methoxy groups -OCH3 is 2. The number of nitrogens with zero attached hydrogens (tertiary/aromatic N) is 1. The summed E-state index contributed by atoms with van der Waals surface area (Å²) >= 11 is 6.61. The lowest BCUT2D eigenvalue weighted by molar-refractivity contribution is -0.122. The molecule has 2 aromatic rings. The molecule has 0 radical (unpaired) electrons. The van der Waals surface area contributed by atoms with Gasteiger partial charge in [0.2, 0.25) is 6.79 Å². The molecule has 2 amide bonds. The fourth-order valence-corrected chi connectivity index (χ4v) is 4.76. The fraction of sp³-hybridized carbons (Fsp3) is 0.261. The van der Waals surface area contributed by atoms with E-state index in [0.717, 1.165) is 11.1 Å². The topological polar surface area (TPSA) is 86.3 Å². The summed E-state index contributed by atoms with van der Waals surface area (Å²) in [5.74, 6) is 1.95. The van der Waals surface area contributed by atoms with Crippen LogP contribution in [0.25, 0.3) is 6.08 Å². The van der Waals surface area contributed by atoms with E-state index in [1.807, 2.05) is 19.1 Å². The van der Waals surface area contributed by atoms with Crippen LogP contribution in [-0.2, 0) is 4.79 Å². The van der Waals surface area contributed by atoms with Gasteiger partial charge in [-0.25, -0.2) is 0 Å². The summed E-state index contributed by atoms with van der Waals surface area (Å²) in [4.78, 5) is 27.5. The lowest BCUT2D eigenvalue weighted by Crippen LogP contribution is -2.37. The molecule has 4 rings (SSSR count). The number of nitrogens with one attached hydrogen (secondary N) is 1. The molecule has 1 N–H and O–H groups in total. The zero-order valence-corrected chi connectivity index (χ0v) is 19.9. The first-order chi connectivity index (χ1) is 15.9. The average Bonchev–Trinajstić information content (AvgIpc) is 3.38. The van der Waals surface area contributed by atoms with Gasteiger partial charge >= 0.3 is 0 Å². The van der Waals surface area contributed by atoms with Gasteiger partial charge in [-0.2, -0.15) is 0 Å². The van der Waals surface area contributed by atoms with Gasteiger partial charge in [0.25, 0.3) is 11.8 Å². The Kier molecular flexibility index (Phi) is 6.75. The quantitative estimate of drug-likeness (QED) is 0.471. The highest BCUT2D eigenvalue weighted by Gasteiger charge is 2.32. The molecule has 172 valence electrons. The van der Waals surface area contributed by atoms with Crippen molar-refractivity contribution in [1.82, 2.24) is 10.2 Å². The second kappa shape index (κ2) is 9.72. The Hall–Kier alpha value is -3.24. The van der Waals surface area contributed by atoms with Crippen molar-refractivity contribution in [3.63, 3.8) is 0 Å². The SMILES string of the molecule is COc1cc(C(=O)NCCN2C(=O)/C(=C/c3ccc4c(c3)OCO4)SC2=S)cc(OC)c1C. The van der Waals surface area contributed by atoms with Gasteiger partial charge in [-0.3, -0.25) is 14.5 Å². The number of ether oxygens (including phenoxy) is 4. The Morgan fingerprint density at radius 2 is 1.88 bits per heavy atom. The Morgan fingerprint density at radius 1 is 1.18 bits per heavy atom. The molecule has 0 unspecified atom stereocenters. The molecule has 0 spiro atoms. The summed E-state index contributed by atoms with van der Waals surface area (Å²) in [7, 11) is 3.07. The van der Waals surface area contributed by atoms with Gasteiger partial charge in [-0.05, 0) is 42.8 Å². The van der Waals surface area contributed by atoms with Crippen molar-refractivity contribution in [2.45, 2.75) is 6.92 Å². The van der Waals surface area contributed by atoms with E-state index in [1.54, 1.807) is 24.3 Å². The number of thioether (sulfide) groups is 1. The van der Waals surface area contributed by atoms with Crippen LogP contribution in [0.4, 0.5) is 0 Å². The number of thiocarbonyl (C=S) groups is 1. The average molecular weight is 487 g/mol. The van der Waals surface area contributed by atoms with Crippen molar-refractivity contribution >= 4 is 46.2 Å². The summed E-state index contributed by atoms with van der Waals surface area (Å²) in [5, 5.41) is 2.82. The number of benzene rings is 2. The van der Waals surface area contributed by atoms with E-state index in [4.69, 9.17) is 31.2 Å². The highest BCUT2D eigenvalue weighted by atomic mass is 32.2. The number of carbonyl (C=O) groups is 2. The molecular weight excluding hydrogens is 464 g/mol. The van der Waals surface area contributed by atoms with Gasteiger partial charge in [-0.1, -0.05) is 30.0 Å².